The van der Waals surface area contributed by atoms with Gasteiger partial charge in [0.2, 0.25) is 0 Å². The molecule has 0 saturated carbocycles. The Balaban J connectivity index is 1.87. The molecule has 0 aliphatic heterocycles. The minimum absolute atomic E-state index is 0.102. The maximum atomic E-state index is 13.1. The first-order chi connectivity index (χ1) is 11.0. The lowest BCUT2D eigenvalue weighted by atomic mass is 10.2. The lowest BCUT2D eigenvalue weighted by Crippen LogP contribution is -2.31. The van der Waals surface area contributed by atoms with Crippen molar-refractivity contribution < 1.29 is 9.18 Å². The van der Waals surface area contributed by atoms with Crippen LogP contribution >= 0.6 is 24.0 Å². The first kappa shape index (κ1) is 17.3. The third kappa shape index (κ3) is 5.27. The van der Waals surface area contributed by atoms with E-state index in [0.717, 1.165) is 0 Å². The molecule has 1 aromatic heterocycles. The highest BCUT2D eigenvalue weighted by atomic mass is 32.2. The number of carbonyl (C=O) groups excluding carboxylic acids is 1. The van der Waals surface area contributed by atoms with Gasteiger partial charge in [-0.2, -0.15) is 0 Å². The van der Waals surface area contributed by atoms with E-state index in [1.807, 2.05) is 0 Å². The van der Waals surface area contributed by atoms with Crippen LogP contribution in [0.3, 0.4) is 0 Å². The molecule has 1 aromatic carbocycles. The standard InChI is InChI=1S/C15H15FN4OS2/c1-10(21)14-6-5-13(8-18-14)20(17)9-23-15(22)19-12-4-2-3-11(16)7-12/h2-8H,9,17H2,1H3,(H,19,22). The fourth-order valence-electron chi connectivity index (χ4n) is 1.69. The number of ketones is 1. The third-order valence-electron chi connectivity index (χ3n) is 2.85. The smallest absolute Gasteiger partial charge is 0.178 e. The molecule has 1 heterocycles. The number of hydrogen-bond donors (Lipinski definition) is 2. The number of hydrogen-bond acceptors (Lipinski definition) is 6. The lowest BCUT2D eigenvalue weighted by molar-refractivity contribution is 0.101. The first-order valence-electron chi connectivity index (χ1n) is 6.64. The third-order valence-corrected chi connectivity index (χ3v) is 4.07. The molecule has 3 N–H and O–H groups in total. The van der Waals surface area contributed by atoms with E-state index in [1.165, 1.54) is 42.0 Å². The van der Waals surface area contributed by atoms with E-state index in [0.29, 0.717) is 27.3 Å². The summed E-state index contributed by atoms with van der Waals surface area (Å²) in [6.45, 7) is 1.45. The molecule has 5 nitrogen and oxygen atoms in total. The second-order valence-electron chi connectivity index (χ2n) is 4.62. The molecular formula is C15H15FN4OS2. The quantitative estimate of drug-likeness (QED) is 0.282. The molecule has 0 spiro atoms. The van der Waals surface area contributed by atoms with Crippen LogP contribution in [-0.4, -0.2) is 21.0 Å². The lowest BCUT2D eigenvalue weighted by Gasteiger charge is -2.18. The Bertz CT molecular complexity index is 709. The van der Waals surface area contributed by atoms with Gasteiger partial charge in [-0.3, -0.25) is 14.8 Å². The van der Waals surface area contributed by atoms with Crippen LogP contribution in [0.2, 0.25) is 0 Å². The van der Waals surface area contributed by atoms with Crippen LogP contribution in [0.1, 0.15) is 17.4 Å². The Hall–Kier alpha value is -2.03. The highest BCUT2D eigenvalue weighted by Gasteiger charge is 2.07. The van der Waals surface area contributed by atoms with Crippen LogP contribution in [-0.2, 0) is 0 Å². The predicted molar refractivity (Wildman–Crippen MR) is 96.0 cm³/mol. The van der Waals surface area contributed by atoms with Crippen molar-refractivity contribution in [2.75, 3.05) is 16.2 Å². The normalized spacial score (nSPS) is 10.2. The van der Waals surface area contributed by atoms with E-state index in [2.05, 4.69) is 10.3 Å². The molecule has 2 aromatic rings. The minimum atomic E-state index is -0.333. The summed E-state index contributed by atoms with van der Waals surface area (Å²) in [5, 5.41) is 4.38. The first-order valence-corrected chi connectivity index (χ1v) is 8.03. The van der Waals surface area contributed by atoms with Gasteiger partial charge in [-0.25, -0.2) is 10.2 Å². The summed E-state index contributed by atoms with van der Waals surface area (Å²) in [5.74, 6) is 5.87. The molecule has 0 aliphatic carbocycles. The number of aromatic nitrogens is 1. The van der Waals surface area contributed by atoms with Gasteiger partial charge < -0.3 is 5.32 Å². The average molecular weight is 350 g/mol. The summed E-state index contributed by atoms with van der Waals surface area (Å²) >= 11 is 6.48. The molecule has 23 heavy (non-hydrogen) atoms. The van der Waals surface area contributed by atoms with Crippen LogP contribution in [0.4, 0.5) is 15.8 Å². The highest BCUT2D eigenvalue weighted by molar-refractivity contribution is 8.23. The molecule has 0 radical (unpaired) electrons. The van der Waals surface area contributed by atoms with Gasteiger partial charge in [-0.05, 0) is 30.3 Å². The number of anilines is 2. The number of benzene rings is 1. The maximum absolute atomic E-state index is 13.1. The second-order valence-corrected chi connectivity index (χ2v) is 6.25. The number of nitrogens with zero attached hydrogens (tertiary/aromatic N) is 2. The van der Waals surface area contributed by atoms with Crippen LogP contribution < -0.4 is 16.2 Å². The SMILES string of the molecule is CC(=O)c1ccc(N(N)CSC(=S)Nc2cccc(F)c2)cn1. The van der Waals surface area contributed by atoms with Crippen LogP contribution in [0.25, 0.3) is 0 Å². The summed E-state index contributed by atoms with van der Waals surface area (Å²) < 4.78 is 13.6. The Morgan fingerprint density at radius 1 is 1.43 bits per heavy atom. The number of Topliss-reactive ketones (excluding diaryl/α,β-unsaturated/α-hetero) is 1. The monoisotopic (exact) mass is 350 g/mol. The predicted octanol–water partition coefficient (Wildman–Crippen LogP) is 3.19. The van der Waals surface area contributed by atoms with E-state index >= 15 is 0 Å². The number of carbonyl (C=O) groups is 1. The Labute approximate surface area is 143 Å². The minimum Gasteiger partial charge on any atom is -0.341 e. The molecule has 0 amide bonds. The maximum Gasteiger partial charge on any atom is 0.178 e. The van der Waals surface area contributed by atoms with Gasteiger partial charge in [0.05, 0.1) is 17.8 Å². The summed E-state index contributed by atoms with van der Waals surface area (Å²) in [5.41, 5.74) is 1.63. The summed E-state index contributed by atoms with van der Waals surface area (Å²) in [4.78, 5) is 15.2. The molecule has 0 unspecified atom stereocenters. The Morgan fingerprint density at radius 3 is 2.83 bits per heavy atom. The Morgan fingerprint density at radius 2 is 2.22 bits per heavy atom. The van der Waals surface area contributed by atoms with Crippen molar-refractivity contribution in [3.8, 4) is 0 Å². The average Bonchev–Trinajstić information content (AvgIpc) is 2.52. The zero-order chi connectivity index (χ0) is 16.8. The van der Waals surface area contributed by atoms with Crippen molar-refractivity contribution >= 4 is 45.5 Å². The number of thiocarbonyl (C=S) groups is 1. The number of halogens is 1. The second kappa shape index (κ2) is 8.00. The molecule has 0 fully saturated rings. The van der Waals surface area contributed by atoms with Crippen molar-refractivity contribution in [3.05, 3.63) is 54.1 Å². The summed E-state index contributed by atoms with van der Waals surface area (Å²) in [7, 11) is 0. The number of thioether (sulfide) groups is 1. The van der Waals surface area contributed by atoms with Gasteiger partial charge in [-0.1, -0.05) is 30.0 Å². The molecule has 0 saturated heterocycles. The van der Waals surface area contributed by atoms with Gasteiger partial charge in [0, 0.05) is 12.6 Å². The molecule has 8 heteroatoms. The van der Waals surface area contributed by atoms with E-state index in [-0.39, 0.29) is 11.6 Å². The molecule has 0 aliphatic rings. The number of rotatable bonds is 5. The van der Waals surface area contributed by atoms with Gasteiger partial charge >= 0.3 is 0 Å². The fourth-order valence-corrected chi connectivity index (χ4v) is 2.56. The van der Waals surface area contributed by atoms with Gasteiger partial charge in [0.1, 0.15) is 15.8 Å². The number of nitrogens with one attached hydrogen (secondary N) is 1. The van der Waals surface area contributed by atoms with Gasteiger partial charge in [0.15, 0.2) is 5.78 Å². The van der Waals surface area contributed by atoms with Crippen molar-refractivity contribution in [1.82, 2.24) is 4.98 Å². The van der Waals surface area contributed by atoms with Gasteiger partial charge in [-0.15, -0.1) is 0 Å². The van der Waals surface area contributed by atoms with E-state index < -0.39 is 0 Å². The largest absolute Gasteiger partial charge is 0.341 e. The number of pyridine rings is 1. The van der Waals surface area contributed by atoms with Crippen molar-refractivity contribution in [2.45, 2.75) is 6.92 Å². The van der Waals surface area contributed by atoms with Crippen LogP contribution in [0.5, 0.6) is 0 Å². The summed E-state index contributed by atoms with van der Waals surface area (Å²) in [6, 6.07) is 9.38. The number of nitrogens with two attached hydrogens (primary N) is 1. The Kier molecular flexibility index (Phi) is 6.03. The van der Waals surface area contributed by atoms with E-state index in [1.54, 1.807) is 24.3 Å². The fraction of sp³-hybridized carbons (Fsp3) is 0.133. The molecule has 0 atom stereocenters. The van der Waals surface area contributed by atoms with Crippen molar-refractivity contribution in [2.24, 2.45) is 5.84 Å². The topological polar surface area (TPSA) is 71.2 Å². The zero-order valence-electron chi connectivity index (χ0n) is 12.3. The molecular weight excluding hydrogens is 335 g/mol. The molecule has 120 valence electrons. The van der Waals surface area contributed by atoms with Gasteiger partial charge in [0.25, 0.3) is 0 Å². The van der Waals surface area contributed by atoms with Crippen LogP contribution in [0, 0.1) is 5.82 Å². The van der Waals surface area contributed by atoms with E-state index in [4.69, 9.17) is 18.1 Å². The molecule has 0 bridgehead atoms. The summed E-state index contributed by atoms with van der Waals surface area (Å²) in [6.07, 6.45) is 1.53. The number of hydrazine groups is 1. The van der Waals surface area contributed by atoms with Crippen LogP contribution in [0.15, 0.2) is 42.6 Å². The zero-order valence-corrected chi connectivity index (χ0v) is 14.0. The van der Waals surface area contributed by atoms with Crippen molar-refractivity contribution in [3.63, 3.8) is 0 Å². The highest BCUT2D eigenvalue weighted by Crippen LogP contribution is 2.17. The molecule has 2 rings (SSSR count). The van der Waals surface area contributed by atoms with Crippen molar-refractivity contribution in [1.29, 1.82) is 0 Å². The van der Waals surface area contributed by atoms with E-state index in [9.17, 15) is 9.18 Å².